The summed E-state index contributed by atoms with van der Waals surface area (Å²) in [5, 5.41) is 10.6. The maximum Gasteiger partial charge on any atom is 0.319 e. The number of thiophene rings is 1. The van der Waals surface area contributed by atoms with E-state index in [0.717, 1.165) is 43.6 Å². The van der Waals surface area contributed by atoms with Gasteiger partial charge < -0.3 is 24.8 Å². The Bertz CT molecular complexity index is 1920. The van der Waals surface area contributed by atoms with Gasteiger partial charge in [0, 0.05) is 28.4 Å². The van der Waals surface area contributed by atoms with E-state index in [2.05, 4.69) is 27.9 Å². The lowest BCUT2D eigenvalue weighted by Gasteiger charge is -2.58. The predicted octanol–water partition coefficient (Wildman–Crippen LogP) is 6.14. The average molecular weight is 653 g/mol. The van der Waals surface area contributed by atoms with Crippen molar-refractivity contribution in [2.75, 3.05) is 50.6 Å². The normalized spacial score (nSPS) is 23.0. The third kappa shape index (κ3) is 4.20. The van der Waals surface area contributed by atoms with Gasteiger partial charge >= 0.3 is 6.01 Å². The molecule has 0 amide bonds. The van der Waals surface area contributed by atoms with E-state index in [-0.39, 0.29) is 84.3 Å². The van der Waals surface area contributed by atoms with Crippen LogP contribution in [0.2, 0.25) is 5.02 Å². The molecule has 0 radical (unpaired) electrons. The maximum absolute atomic E-state index is 17.1. The lowest BCUT2D eigenvalue weighted by molar-refractivity contribution is -0.169. The summed E-state index contributed by atoms with van der Waals surface area (Å²) in [5.41, 5.74) is 6.37. The molecule has 8 rings (SSSR count). The Kier molecular flexibility index (Phi) is 6.77. The molecule has 1 saturated carbocycles. The summed E-state index contributed by atoms with van der Waals surface area (Å²) < 4.78 is 50.5. The number of likely N-dealkylation sites (N-methyl/N-ethyl adjacent to an activating group) is 1. The molecule has 3 fully saturated rings. The van der Waals surface area contributed by atoms with Gasteiger partial charge in [-0.1, -0.05) is 17.7 Å². The summed E-state index contributed by atoms with van der Waals surface area (Å²) >= 11 is 7.98. The molecule has 1 aliphatic carbocycles. The number of benzene rings is 2. The van der Waals surface area contributed by atoms with Gasteiger partial charge in [-0.2, -0.15) is 15.2 Å². The van der Waals surface area contributed by atoms with Gasteiger partial charge in [0.2, 0.25) is 0 Å². The van der Waals surface area contributed by atoms with Crippen LogP contribution < -0.4 is 20.1 Å². The van der Waals surface area contributed by atoms with Gasteiger partial charge in [0.05, 0.1) is 40.4 Å². The largest absolute Gasteiger partial charge is 0.489 e. The van der Waals surface area contributed by atoms with Crippen molar-refractivity contribution in [3.63, 3.8) is 0 Å². The van der Waals surface area contributed by atoms with Gasteiger partial charge in [-0.15, -0.1) is 11.3 Å². The van der Waals surface area contributed by atoms with E-state index in [1.807, 2.05) is 6.92 Å². The third-order valence-corrected chi connectivity index (χ3v) is 11.6. The summed E-state index contributed by atoms with van der Waals surface area (Å²) in [5.74, 6) is -0.539. The molecule has 13 heteroatoms. The predicted molar refractivity (Wildman–Crippen MR) is 169 cm³/mol. The number of rotatable bonds is 5. The fourth-order valence-corrected chi connectivity index (χ4v) is 8.96. The molecule has 2 N–H and O–H groups in total. The van der Waals surface area contributed by atoms with Crippen molar-refractivity contribution in [1.82, 2.24) is 14.9 Å². The first-order valence-corrected chi connectivity index (χ1v) is 16.4. The second-order valence-corrected chi connectivity index (χ2v) is 14.0. The summed E-state index contributed by atoms with van der Waals surface area (Å²) in [4.78, 5) is 14.0. The number of fused-ring (bicyclic) bond motifs is 1. The number of likely N-dealkylation sites (tertiary alicyclic amines) is 1. The molecule has 45 heavy (non-hydrogen) atoms. The van der Waals surface area contributed by atoms with Crippen LogP contribution in [0.1, 0.15) is 38.2 Å². The highest BCUT2D eigenvalue weighted by Crippen LogP contribution is 2.54. The molecule has 0 bridgehead atoms. The van der Waals surface area contributed by atoms with Crippen molar-refractivity contribution >= 4 is 54.7 Å². The van der Waals surface area contributed by atoms with Gasteiger partial charge in [0.15, 0.2) is 11.6 Å². The number of aromatic nitrogens is 2. The fourth-order valence-electron chi connectivity index (χ4n) is 7.67. The number of nitriles is 1. The summed E-state index contributed by atoms with van der Waals surface area (Å²) in [6.07, 6.45) is 3.80. The summed E-state index contributed by atoms with van der Waals surface area (Å²) in [7, 11) is 2.07. The molecule has 4 aromatic rings. The molecule has 5 heterocycles. The molecule has 4 aliphatic rings. The smallest absolute Gasteiger partial charge is 0.319 e. The lowest BCUT2D eigenvalue weighted by atomic mass is 9.62. The van der Waals surface area contributed by atoms with Crippen LogP contribution in [-0.2, 0) is 4.74 Å². The molecule has 2 aromatic heterocycles. The van der Waals surface area contributed by atoms with Gasteiger partial charge in [-0.25, -0.2) is 8.78 Å². The number of nitrogens with two attached hydrogens (primary N) is 1. The topological polar surface area (TPSA) is 110 Å². The summed E-state index contributed by atoms with van der Waals surface area (Å²) in [6.45, 7) is 5.08. The van der Waals surface area contributed by atoms with Crippen LogP contribution in [-0.4, -0.2) is 73.0 Å². The van der Waals surface area contributed by atoms with Crippen molar-refractivity contribution in [2.24, 2.45) is 5.41 Å². The Morgan fingerprint density at radius 3 is 2.71 bits per heavy atom. The van der Waals surface area contributed by atoms with Crippen molar-refractivity contribution < 1.29 is 23.0 Å². The van der Waals surface area contributed by atoms with E-state index in [1.165, 1.54) is 12.1 Å². The highest BCUT2D eigenvalue weighted by Gasteiger charge is 2.55. The van der Waals surface area contributed by atoms with Crippen molar-refractivity contribution in [2.45, 2.75) is 50.8 Å². The quantitative estimate of drug-likeness (QED) is 0.272. The third-order valence-electron chi connectivity index (χ3n) is 10.2. The molecule has 1 unspecified atom stereocenters. The standard InChI is InChI=1S/C32H31ClF2N6O3S/c1-15(19-4-3-9-40(19)2)44-31-38-26-23-27(43-11-10-41(30(23)39-31)20-7-8-32(20)13-42-14-32)24(33)22(25(26)35)16-5-6-18(34)28-21(16)17(12-36)29(37)45-28/h5-6,15,19-20H,3-4,7-11,13-14,37H2,1-2H3/t15-,19-,20?/m0/s1. The van der Waals surface area contributed by atoms with Gasteiger partial charge in [0.25, 0.3) is 0 Å². The first-order valence-electron chi connectivity index (χ1n) is 15.2. The zero-order chi connectivity index (χ0) is 31.2. The Balaban J connectivity index is 1.37. The first kappa shape index (κ1) is 28.9. The maximum atomic E-state index is 17.1. The van der Waals surface area contributed by atoms with Crippen LogP contribution in [0, 0.1) is 28.4 Å². The Labute approximate surface area is 267 Å². The molecule has 1 spiro atoms. The highest BCUT2D eigenvalue weighted by atomic mass is 35.5. The lowest BCUT2D eigenvalue weighted by Crippen LogP contribution is -2.65. The Morgan fingerprint density at radius 2 is 2.04 bits per heavy atom. The number of ether oxygens (including phenoxy) is 3. The zero-order valence-electron chi connectivity index (χ0n) is 24.8. The van der Waals surface area contributed by atoms with E-state index in [9.17, 15) is 9.65 Å². The molecule has 234 valence electrons. The first-order chi connectivity index (χ1) is 21.7. The van der Waals surface area contributed by atoms with E-state index < -0.39 is 11.6 Å². The number of halogens is 3. The van der Waals surface area contributed by atoms with Crippen LogP contribution in [0.15, 0.2) is 12.1 Å². The average Bonchev–Trinajstić information content (AvgIpc) is 3.50. The van der Waals surface area contributed by atoms with Crippen molar-refractivity contribution in [1.29, 1.82) is 5.26 Å². The molecular weight excluding hydrogens is 622 g/mol. The Morgan fingerprint density at radius 1 is 1.22 bits per heavy atom. The van der Waals surface area contributed by atoms with Crippen LogP contribution >= 0.6 is 22.9 Å². The van der Waals surface area contributed by atoms with Crippen LogP contribution in [0.4, 0.5) is 19.6 Å². The summed E-state index contributed by atoms with van der Waals surface area (Å²) in [6, 6.07) is 5.08. The van der Waals surface area contributed by atoms with E-state index in [4.69, 9.17) is 36.5 Å². The molecule has 2 aromatic carbocycles. The number of hydrogen-bond donors (Lipinski definition) is 1. The van der Waals surface area contributed by atoms with Crippen LogP contribution in [0.25, 0.3) is 32.1 Å². The van der Waals surface area contributed by atoms with Crippen molar-refractivity contribution in [3.8, 4) is 29.0 Å². The van der Waals surface area contributed by atoms with Gasteiger partial charge in [-0.3, -0.25) is 4.90 Å². The molecule has 9 nitrogen and oxygen atoms in total. The van der Waals surface area contributed by atoms with E-state index in [1.54, 1.807) is 0 Å². The van der Waals surface area contributed by atoms with E-state index >= 15 is 4.39 Å². The Hall–Kier alpha value is -3.50. The number of nitrogens with zero attached hydrogens (tertiary/aromatic N) is 5. The monoisotopic (exact) mass is 652 g/mol. The van der Waals surface area contributed by atoms with Crippen LogP contribution in [0.3, 0.4) is 0 Å². The molecule has 3 aliphatic heterocycles. The van der Waals surface area contributed by atoms with Crippen molar-refractivity contribution in [3.05, 3.63) is 34.4 Å². The minimum absolute atomic E-state index is 0.00168. The van der Waals surface area contributed by atoms with Gasteiger partial charge in [-0.05, 0) is 57.8 Å². The minimum Gasteiger partial charge on any atom is -0.489 e. The van der Waals surface area contributed by atoms with Gasteiger partial charge in [0.1, 0.15) is 40.9 Å². The fraction of sp³-hybridized carbons (Fsp3) is 0.469. The molecule has 3 atom stereocenters. The number of hydrogen-bond acceptors (Lipinski definition) is 10. The second-order valence-electron chi connectivity index (χ2n) is 12.6. The number of anilines is 2. The van der Waals surface area contributed by atoms with Crippen LogP contribution in [0.5, 0.6) is 11.8 Å². The SMILES string of the molecule is C[C@H](Oc1nc2c3c(c(Cl)c(-c4ccc(F)c5sc(N)c(C#N)c45)c(F)c3n1)OCCN2C1CCC12COC2)[C@@H]1CCCN1C. The highest BCUT2D eigenvalue weighted by molar-refractivity contribution is 7.23. The zero-order valence-corrected chi connectivity index (χ0v) is 26.4. The molecule has 2 saturated heterocycles. The van der Waals surface area contributed by atoms with E-state index in [0.29, 0.717) is 31.0 Å². The number of nitrogen functional groups attached to an aromatic ring is 1. The molecular formula is C32H31ClF2N6O3S. The minimum atomic E-state index is -0.736. The second kappa shape index (κ2) is 10.5.